The second kappa shape index (κ2) is 10.5. The molecule has 0 radical (unpaired) electrons. The van der Waals surface area contributed by atoms with Gasteiger partial charge in [0.25, 0.3) is 5.89 Å². The van der Waals surface area contributed by atoms with Gasteiger partial charge in [0.05, 0.1) is 12.7 Å². The topological polar surface area (TPSA) is 93.5 Å². The number of likely N-dealkylation sites (tertiary alicyclic amines) is 1. The molecule has 1 aliphatic rings. The molecule has 2 aromatic heterocycles. The van der Waals surface area contributed by atoms with Gasteiger partial charge in [0.2, 0.25) is 5.91 Å². The first-order chi connectivity index (χ1) is 15.2. The molecule has 1 unspecified atom stereocenters. The van der Waals surface area contributed by atoms with Gasteiger partial charge in [-0.05, 0) is 37.3 Å². The van der Waals surface area contributed by atoms with Crippen molar-refractivity contribution < 1.29 is 18.8 Å². The van der Waals surface area contributed by atoms with Crippen LogP contribution in [0.1, 0.15) is 43.0 Å². The van der Waals surface area contributed by atoms with E-state index in [1.165, 1.54) is 10.9 Å². The third-order valence-electron chi connectivity index (χ3n) is 5.70. The molecule has 0 aliphatic carbocycles. The molecule has 1 aromatic carbocycles. The average molecular weight is 427 g/mol. The number of ether oxygens (including phenoxy) is 2. The fourth-order valence-electron chi connectivity index (χ4n) is 4.12. The number of H-pyrrole nitrogens is 1. The maximum absolute atomic E-state index is 12.7. The highest BCUT2D eigenvalue weighted by atomic mass is 16.5. The monoisotopic (exact) mass is 426 g/mol. The van der Waals surface area contributed by atoms with E-state index in [4.69, 9.17) is 14.0 Å². The summed E-state index contributed by atoms with van der Waals surface area (Å²) in [4.78, 5) is 22.2. The molecule has 1 fully saturated rings. The van der Waals surface area contributed by atoms with Crippen LogP contribution in [0, 0.1) is 0 Å². The lowest BCUT2D eigenvalue weighted by molar-refractivity contribution is -0.135. The molecule has 8 heteroatoms. The van der Waals surface area contributed by atoms with Gasteiger partial charge >= 0.3 is 0 Å². The molecule has 8 nitrogen and oxygen atoms in total. The molecule has 166 valence electrons. The molecule has 1 amide bonds. The van der Waals surface area contributed by atoms with Crippen molar-refractivity contribution in [3.63, 3.8) is 0 Å². The number of aromatic nitrogens is 3. The molecule has 0 saturated carbocycles. The zero-order valence-electron chi connectivity index (χ0n) is 18.0. The summed E-state index contributed by atoms with van der Waals surface area (Å²) < 4.78 is 16.1. The molecule has 0 bridgehead atoms. The Morgan fingerprint density at radius 3 is 3.13 bits per heavy atom. The molecule has 3 aromatic rings. The van der Waals surface area contributed by atoms with Crippen molar-refractivity contribution in [1.82, 2.24) is 20.0 Å². The minimum atomic E-state index is 0.0664. The summed E-state index contributed by atoms with van der Waals surface area (Å²) in [5, 5.41) is 5.17. The highest BCUT2D eigenvalue weighted by molar-refractivity contribution is 5.83. The van der Waals surface area contributed by atoms with Crippen LogP contribution in [0.15, 0.2) is 35.0 Å². The van der Waals surface area contributed by atoms with E-state index in [1.54, 1.807) is 7.11 Å². The maximum atomic E-state index is 12.7. The molecule has 0 spiro atoms. The summed E-state index contributed by atoms with van der Waals surface area (Å²) in [6.45, 7) is 2.30. The summed E-state index contributed by atoms with van der Waals surface area (Å²) in [6, 6.07) is 8.29. The third kappa shape index (κ3) is 5.71. The number of carbonyl (C=O) groups is 1. The summed E-state index contributed by atoms with van der Waals surface area (Å²) in [5.74, 6) is 1.31. The lowest BCUT2D eigenvalue weighted by atomic mass is 10.0. The fourth-order valence-corrected chi connectivity index (χ4v) is 4.12. The van der Waals surface area contributed by atoms with Crippen LogP contribution in [0.3, 0.4) is 0 Å². The number of aryl methyl sites for hydroxylation is 1. The Balaban J connectivity index is 1.18. The van der Waals surface area contributed by atoms with Crippen LogP contribution in [0.4, 0.5) is 0 Å². The molecular formula is C23H30N4O4. The number of benzene rings is 1. The second-order valence-corrected chi connectivity index (χ2v) is 7.98. The number of hydrogen-bond donors (Lipinski definition) is 1. The number of carbonyl (C=O) groups excluding carboxylic acids is 1. The Kier molecular flexibility index (Phi) is 7.32. The Morgan fingerprint density at radius 1 is 1.32 bits per heavy atom. The lowest BCUT2D eigenvalue weighted by Crippen LogP contribution is -2.43. The summed E-state index contributed by atoms with van der Waals surface area (Å²) >= 11 is 0. The SMILES string of the molecule is COCc1nc(CCOC2CCCN(C(=O)CCCc3c[nH]c4ccccc34)C2)no1. The van der Waals surface area contributed by atoms with Gasteiger partial charge in [-0.15, -0.1) is 0 Å². The van der Waals surface area contributed by atoms with Crippen molar-refractivity contribution in [3.05, 3.63) is 47.7 Å². The van der Waals surface area contributed by atoms with E-state index in [1.807, 2.05) is 11.0 Å². The molecular weight excluding hydrogens is 396 g/mol. The van der Waals surface area contributed by atoms with E-state index >= 15 is 0 Å². The van der Waals surface area contributed by atoms with Crippen LogP contribution in [0.2, 0.25) is 0 Å². The van der Waals surface area contributed by atoms with Gasteiger partial charge in [0, 0.05) is 50.1 Å². The minimum absolute atomic E-state index is 0.0664. The van der Waals surface area contributed by atoms with Gasteiger partial charge < -0.3 is 23.9 Å². The van der Waals surface area contributed by atoms with Gasteiger partial charge in [0.1, 0.15) is 6.61 Å². The number of hydrogen-bond acceptors (Lipinski definition) is 6. The largest absolute Gasteiger partial charge is 0.376 e. The van der Waals surface area contributed by atoms with Gasteiger partial charge in [-0.3, -0.25) is 4.79 Å². The Hall–Kier alpha value is -2.71. The predicted octanol–water partition coefficient (Wildman–Crippen LogP) is 3.27. The van der Waals surface area contributed by atoms with Crippen molar-refractivity contribution in [2.24, 2.45) is 0 Å². The Bertz CT molecular complexity index is 983. The molecule has 1 atom stereocenters. The van der Waals surface area contributed by atoms with Crippen LogP contribution in [-0.4, -0.2) is 58.8 Å². The van der Waals surface area contributed by atoms with E-state index in [0.29, 0.717) is 44.3 Å². The number of aromatic amines is 1. The van der Waals surface area contributed by atoms with Crippen molar-refractivity contribution in [1.29, 1.82) is 0 Å². The molecule has 1 saturated heterocycles. The standard InChI is InChI=1S/C23H30N4O4/c1-29-16-22-25-21(26-31-22)11-13-30-18-7-5-12-27(15-18)23(28)10-4-6-17-14-24-20-9-3-2-8-19(17)20/h2-3,8-9,14,18,24H,4-7,10-13,15-16H2,1H3. The van der Waals surface area contributed by atoms with E-state index < -0.39 is 0 Å². The van der Waals surface area contributed by atoms with E-state index in [9.17, 15) is 4.79 Å². The number of nitrogens with one attached hydrogen (secondary N) is 1. The number of piperidine rings is 1. The molecule has 1 aliphatic heterocycles. The molecule has 1 N–H and O–H groups in total. The van der Waals surface area contributed by atoms with Gasteiger partial charge in [0.15, 0.2) is 5.82 Å². The highest BCUT2D eigenvalue weighted by Gasteiger charge is 2.24. The number of amides is 1. The number of nitrogens with zero attached hydrogens (tertiary/aromatic N) is 3. The Labute approximate surface area is 181 Å². The summed E-state index contributed by atoms with van der Waals surface area (Å²) in [5.41, 5.74) is 2.42. The van der Waals surface area contributed by atoms with Gasteiger partial charge in [-0.1, -0.05) is 23.4 Å². The predicted molar refractivity (Wildman–Crippen MR) is 116 cm³/mol. The second-order valence-electron chi connectivity index (χ2n) is 7.98. The van der Waals surface area contributed by atoms with Crippen molar-refractivity contribution in [3.8, 4) is 0 Å². The van der Waals surface area contributed by atoms with Crippen LogP contribution in [0.5, 0.6) is 0 Å². The van der Waals surface area contributed by atoms with Crippen LogP contribution in [-0.2, 0) is 33.7 Å². The lowest BCUT2D eigenvalue weighted by Gasteiger charge is -2.32. The first kappa shape index (κ1) is 21.5. The number of fused-ring (bicyclic) bond motifs is 1. The van der Waals surface area contributed by atoms with Crippen molar-refractivity contribution in [2.75, 3.05) is 26.8 Å². The normalized spacial score (nSPS) is 16.8. The van der Waals surface area contributed by atoms with Gasteiger partial charge in [-0.2, -0.15) is 4.98 Å². The number of methoxy groups -OCH3 is 1. The van der Waals surface area contributed by atoms with E-state index in [-0.39, 0.29) is 12.0 Å². The highest BCUT2D eigenvalue weighted by Crippen LogP contribution is 2.20. The fraction of sp³-hybridized carbons (Fsp3) is 0.522. The molecule has 4 rings (SSSR count). The van der Waals surface area contributed by atoms with Crippen LogP contribution >= 0.6 is 0 Å². The minimum Gasteiger partial charge on any atom is -0.376 e. The van der Waals surface area contributed by atoms with E-state index in [0.717, 1.165) is 37.7 Å². The quantitative estimate of drug-likeness (QED) is 0.535. The summed E-state index contributed by atoms with van der Waals surface area (Å²) in [7, 11) is 1.59. The Morgan fingerprint density at radius 2 is 2.23 bits per heavy atom. The smallest absolute Gasteiger partial charge is 0.252 e. The van der Waals surface area contributed by atoms with Gasteiger partial charge in [-0.25, -0.2) is 0 Å². The summed E-state index contributed by atoms with van der Waals surface area (Å²) in [6.07, 6.45) is 6.97. The molecule has 31 heavy (non-hydrogen) atoms. The molecule has 3 heterocycles. The average Bonchev–Trinajstić information content (AvgIpc) is 3.41. The van der Waals surface area contributed by atoms with Crippen molar-refractivity contribution >= 4 is 16.8 Å². The van der Waals surface area contributed by atoms with Crippen LogP contribution in [0.25, 0.3) is 10.9 Å². The third-order valence-corrected chi connectivity index (χ3v) is 5.70. The zero-order chi connectivity index (χ0) is 21.5. The zero-order valence-corrected chi connectivity index (χ0v) is 18.0. The number of rotatable bonds is 10. The van der Waals surface area contributed by atoms with E-state index in [2.05, 4.69) is 39.5 Å². The van der Waals surface area contributed by atoms with Crippen LogP contribution < -0.4 is 0 Å². The number of para-hydroxylation sites is 1. The van der Waals surface area contributed by atoms with Crippen molar-refractivity contribution in [2.45, 2.75) is 51.2 Å². The first-order valence-electron chi connectivity index (χ1n) is 11.0. The maximum Gasteiger partial charge on any atom is 0.252 e. The first-order valence-corrected chi connectivity index (χ1v) is 11.0.